The highest BCUT2D eigenvalue weighted by Crippen LogP contribution is 2.36. The molecule has 0 N–H and O–H groups in total. The predicted octanol–water partition coefficient (Wildman–Crippen LogP) is 4.81. The lowest BCUT2D eigenvalue weighted by molar-refractivity contribution is 1.10. The lowest BCUT2D eigenvalue weighted by Crippen LogP contribution is -1.87. The molecule has 2 aromatic rings. The van der Waals surface area contributed by atoms with Crippen molar-refractivity contribution in [3.8, 4) is 0 Å². The summed E-state index contributed by atoms with van der Waals surface area (Å²) in [6, 6.07) is 21.3. The van der Waals surface area contributed by atoms with Gasteiger partial charge in [-0.15, -0.1) is 0 Å². The second-order valence-corrected chi connectivity index (χ2v) is 4.73. The van der Waals surface area contributed by atoms with Crippen LogP contribution < -0.4 is 0 Å². The van der Waals surface area contributed by atoms with Gasteiger partial charge in [0.25, 0.3) is 0 Å². The van der Waals surface area contributed by atoms with Crippen molar-refractivity contribution in [2.24, 2.45) is 0 Å². The number of benzene rings is 2. The minimum Gasteiger partial charge on any atom is -0.0697 e. The zero-order valence-electron chi connectivity index (χ0n) is 10.5. The summed E-state index contributed by atoms with van der Waals surface area (Å²) >= 11 is 0. The van der Waals surface area contributed by atoms with Gasteiger partial charge in [0, 0.05) is 5.92 Å². The van der Waals surface area contributed by atoms with Crippen LogP contribution in [0.1, 0.15) is 24.0 Å². The quantitative estimate of drug-likeness (QED) is 0.696. The second kappa shape index (κ2) is 4.66. The SMILES string of the molecule is CC1=CC(c2ccccc2)C=C1c1ccccc1. The standard InChI is InChI=1S/C18H16/c1-14-12-17(15-8-4-2-5-9-15)13-18(14)16-10-6-3-7-11-16/h2-13,17H,1H3. The van der Waals surface area contributed by atoms with E-state index in [0.29, 0.717) is 5.92 Å². The molecule has 0 spiro atoms. The highest BCUT2D eigenvalue weighted by Gasteiger charge is 2.16. The van der Waals surface area contributed by atoms with Crippen molar-refractivity contribution in [3.63, 3.8) is 0 Å². The van der Waals surface area contributed by atoms with Crippen LogP contribution in [0.4, 0.5) is 0 Å². The van der Waals surface area contributed by atoms with E-state index in [2.05, 4.69) is 79.7 Å². The molecule has 0 aliphatic heterocycles. The van der Waals surface area contributed by atoms with Crippen LogP contribution in [0.15, 0.2) is 78.4 Å². The molecule has 3 rings (SSSR count). The first kappa shape index (κ1) is 11.0. The Bertz CT molecular complexity index is 588. The van der Waals surface area contributed by atoms with Gasteiger partial charge in [0.2, 0.25) is 0 Å². The van der Waals surface area contributed by atoms with E-state index in [1.54, 1.807) is 0 Å². The van der Waals surface area contributed by atoms with E-state index in [4.69, 9.17) is 0 Å². The van der Waals surface area contributed by atoms with Crippen LogP contribution >= 0.6 is 0 Å². The van der Waals surface area contributed by atoms with Crippen LogP contribution in [0.25, 0.3) is 5.57 Å². The van der Waals surface area contributed by atoms with Crippen molar-refractivity contribution in [1.29, 1.82) is 0 Å². The molecule has 0 nitrogen and oxygen atoms in total. The molecule has 1 unspecified atom stereocenters. The predicted molar refractivity (Wildman–Crippen MR) is 77.4 cm³/mol. The average molecular weight is 232 g/mol. The van der Waals surface area contributed by atoms with Crippen LogP contribution in [0.2, 0.25) is 0 Å². The second-order valence-electron chi connectivity index (χ2n) is 4.73. The summed E-state index contributed by atoms with van der Waals surface area (Å²) in [5.41, 5.74) is 5.41. The molecular weight excluding hydrogens is 216 g/mol. The molecule has 1 aliphatic rings. The molecule has 0 bridgehead atoms. The lowest BCUT2D eigenvalue weighted by Gasteiger charge is -2.05. The molecular formula is C18H16. The van der Waals surface area contributed by atoms with E-state index in [1.165, 1.54) is 22.3 Å². The smallest absolute Gasteiger partial charge is 0.0213 e. The largest absolute Gasteiger partial charge is 0.0697 e. The fourth-order valence-electron chi connectivity index (χ4n) is 2.53. The lowest BCUT2D eigenvalue weighted by atomic mass is 10.00. The Morgan fingerprint density at radius 3 is 2.00 bits per heavy atom. The fourth-order valence-corrected chi connectivity index (χ4v) is 2.53. The molecule has 88 valence electrons. The molecule has 1 aliphatic carbocycles. The minimum atomic E-state index is 0.418. The normalized spacial score (nSPS) is 18.4. The minimum absolute atomic E-state index is 0.418. The third kappa shape index (κ3) is 2.02. The Balaban J connectivity index is 1.98. The van der Waals surface area contributed by atoms with E-state index in [0.717, 1.165) is 0 Å². The van der Waals surface area contributed by atoms with Crippen LogP contribution in [0, 0.1) is 0 Å². The summed E-state index contributed by atoms with van der Waals surface area (Å²) in [5.74, 6) is 0.418. The van der Waals surface area contributed by atoms with Crippen LogP contribution in [-0.2, 0) is 0 Å². The Morgan fingerprint density at radius 1 is 0.722 bits per heavy atom. The van der Waals surface area contributed by atoms with Gasteiger partial charge in [-0.25, -0.2) is 0 Å². The van der Waals surface area contributed by atoms with Gasteiger partial charge < -0.3 is 0 Å². The highest BCUT2D eigenvalue weighted by atomic mass is 14.2. The third-order valence-electron chi connectivity index (χ3n) is 3.47. The maximum atomic E-state index is 2.36. The molecule has 0 radical (unpaired) electrons. The molecule has 0 aromatic heterocycles. The maximum Gasteiger partial charge on any atom is 0.0213 e. The van der Waals surface area contributed by atoms with E-state index in [-0.39, 0.29) is 0 Å². The molecule has 0 heteroatoms. The zero-order chi connectivity index (χ0) is 12.4. The van der Waals surface area contributed by atoms with Crippen LogP contribution in [0.3, 0.4) is 0 Å². The van der Waals surface area contributed by atoms with Gasteiger partial charge in [0.05, 0.1) is 0 Å². The van der Waals surface area contributed by atoms with Crippen molar-refractivity contribution in [3.05, 3.63) is 89.5 Å². The topological polar surface area (TPSA) is 0 Å². The van der Waals surface area contributed by atoms with Crippen LogP contribution in [-0.4, -0.2) is 0 Å². The zero-order valence-corrected chi connectivity index (χ0v) is 10.5. The van der Waals surface area contributed by atoms with Gasteiger partial charge in [-0.05, 0) is 29.2 Å². The van der Waals surface area contributed by atoms with Gasteiger partial charge >= 0.3 is 0 Å². The average Bonchev–Trinajstić information content (AvgIpc) is 2.83. The van der Waals surface area contributed by atoms with Gasteiger partial charge in [0.1, 0.15) is 0 Å². The molecule has 0 saturated carbocycles. The van der Waals surface area contributed by atoms with Crippen LogP contribution in [0.5, 0.6) is 0 Å². The summed E-state index contributed by atoms with van der Waals surface area (Å²) in [6.07, 6.45) is 4.71. The van der Waals surface area contributed by atoms with E-state index < -0.39 is 0 Å². The number of rotatable bonds is 2. The molecule has 0 heterocycles. The van der Waals surface area contributed by atoms with E-state index in [9.17, 15) is 0 Å². The first-order chi connectivity index (χ1) is 8.84. The summed E-state index contributed by atoms with van der Waals surface area (Å²) in [7, 11) is 0. The number of allylic oxidation sites excluding steroid dienone is 4. The van der Waals surface area contributed by atoms with E-state index in [1.807, 2.05) is 0 Å². The van der Waals surface area contributed by atoms with E-state index >= 15 is 0 Å². The molecule has 1 atom stereocenters. The first-order valence-corrected chi connectivity index (χ1v) is 6.35. The maximum absolute atomic E-state index is 2.36. The Hall–Kier alpha value is -2.08. The Kier molecular flexibility index (Phi) is 2.85. The van der Waals surface area contributed by atoms with Gasteiger partial charge in [0.15, 0.2) is 0 Å². The van der Waals surface area contributed by atoms with Crippen molar-refractivity contribution in [1.82, 2.24) is 0 Å². The van der Waals surface area contributed by atoms with Crippen molar-refractivity contribution >= 4 is 5.57 Å². The summed E-state index contributed by atoms with van der Waals surface area (Å²) in [5, 5.41) is 0. The molecule has 0 saturated heterocycles. The Morgan fingerprint density at radius 2 is 1.33 bits per heavy atom. The fraction of sp³-hybridized carbons (Fsp3) is 0.111. The van der Waals surface area contributed by atoms with Crippen molar-refractivity contribution < 1.29 is 0 Å². The van der Waals surface area contributed by atoms with Crippen molar-refractivity contribution in [2.45, 2.75) is 12.8 Å². The molecule has 18 heavy (non-hydrogen) atoms. The monoisotopic (exact) mass is 232 g/mol. The first-order valence-electron chi connectivity index (χ1n) is 6.35. The molecule has 0 fully saturated rings. The number of hydrogen-bond acceptors (Lipinski definition) is 0. The van der Waals surface area contributed by atoms with Gasteiger partial charge in [-0.3, -0.25) is 0 Å². The molecule has 0 amide bonds. The van der Waals surface area contributed by atoms with Gasteiger partial charge in [-0.1, -0.05) is 72.8 Å². The number of hydrogen-bond donors (Lipinski definition) is 0. The summed E-state index contributed by atoms with van der Waals surface area (Å²) < 4.78 is 0. The highest BCUT2D eigenvalue weighted by molar-refractivity contribution is 5.82. The molecule has 2 aromatic carbocycles. The van der Waals surface area contributed by atoms with Crippen molar-refractivity contribution in [2.75, 3.05) is 0 Å². The Labute approximate surface area is 108 Å². The third-order valence-corrected chi connectivity index (χ3v) is 3.47. The van der Waals surface area contributed by atoms with Gasteiger partial charge in [-0.2, -0.15) is 0 Å². The summed E-state index contributed by atoms with van der Waals surface area (Å²) in [6.45, 7) is 2.20. The summed E-state index contributed by atoms with van der Waals surface area (Å²) in [4.78, 5) is 0.